The number of nitrogens with zero attached hydrogens (tertiary/aromatic N) is 3. The van der Waals surface area contributed by atoms with Crippen LogP contribution in [0.2, 0.25) is 0 Å². The molecule has 1 aliphatic carbocycles. The van der Waals surface area contributed by atoms with Crippen molar-refractivity contribution < 1.29 is 9.90 Å². The fraction of sp³-hybridized carbons (Fsp3) is 0.944. The highest BCUT2D eigenvalue weighted by Crippen LogP contribution is 2.32. The second-order valence-electron chi connectivity index (χ2n) is 8.05. The number of β-amino-alcohol motifs (C(OH)–C–C–N with tert-alkyl or cyclic N) is 1. The van der Waals surface area contributed by atoms with Gasteiger partial charge in [0.2, 0.25) is 5.91 Å². The molecule has 2 saturated heterocycles. The SMILES string of the molecule is CC1CCC(O)(CN2CCN(C(=O)CN3CCCC3)CC2)CC1. The molecule has 0 spiro atoms. The Kier molecular flexibility index (Phi) is 5.60. The van der Waals surface area contributed by atoms with Crippen LogP contribution < -0.4 is 0 Å². The van der Waals surface area contributed by atoms with E-state index in [1.165, 1.54) is 12.8 Å². The van der Waals surface area contributed by atoms with Crippen LogP contribution in [-0.4, -0.2) is 83.7 Å². The van der Waals surface area contributed by atoms with E-state index in [2.05, 4.69) is 16.7 Å². The molecule has 5 heteroatoms. The van der Waals surface area contributed by atoms with E-state index in [0.717, 1.165) is 77.4 Å². The van der Waals surface area contributed by atoms with Crippen molar-refractivity contribution in [1.82, 2.24) is 14.7 Å². The van der Waals surface area contributed by atoms with E-state index < -0.39 is 5.60 Å². The average Bonchev–Trinajstić information content (AvgIpc) is 3.04. The van der Waals surface area contributed by atoms with Gasteiger partial charge in [-0.1, -0.05) is 6.92 Å². The van der Waals surface area contributed by atoms with E-state index in [4.69, 9.17) is 0 Å². The second-order valence-corrected chi connectivity index (χ2v) is 8.05. The summed E-state index contributed by atoms with van der Waals surface area (Å²) in [5.74, 6) is 1.05. The lowest BCUT2D eigenvalue weighted by Gasteiger charge is -2.42. The number of carbonyl (C=O) groups excluding carboxylic acids is 1. The molecule has 5 nitrogen and oxygen atoms in total. The molecule has 0 aromatic heterocycles. The summed E-state index contributed by atoms with van der Waals surface area (Å²) in [7, 11) is 0. The molecular weight excluding hydrogens is 290 g/mol. The van der Waals surface area contributed by atoms with Crippen molar-refractivity contribution in [3.63, 3.8) is 0 Å². The molecule has 132 valence electrons. The van der Waals surface area contributed by atoms with Gasteiger partial charge in [0.05, 0.1) is 12.1 Å². The number of piperazine rings is 1. The maximum absolute atomic E-state index is 12.4. The molecule has 2 heterocycles. The molecule has 23 heavy (non-hydrogen) atoms. The minimum Gasteiger partial charge on any atom is -0.389 e. The van der Waals surface area contributed by atoms with Crippen LogP contribution in [0.15, 0.2) is 0 Å². The Morgan fingerprint density at radius 2 is 1.61 bits per heavy atom. The molecule has 3 aliphatic rings. The molecule has 0 atom stereocenters. The van der Waals surface area contributed by atoms with Gasteiger partial charge in [0.15, 0.2) is 0 Å². The molecule has 3 fully saturated rings. The zero-order valence-electron chi connectivity index (χ0n) is 14.7. The van der Waals surface area contributed by atoms with E-state index in [9.17, 15) is 9.90 Å². The fourth-order valence-electron chi connectivity index (χ4n) is 4.26. The number of rotatable bonds is 4. The van der Waals surface area contributed by atoms with Gasteiger partial charge in [0.1, 0.15) is 0 Å². The maximum Gasteiger partial charge on any atom is 0.236 e. The Bertz CT molecular complexity index is 393. The number of amides is 1. The Labute approximate surface area is 140 Å². The highest BCUT2D eigenvalue weighted by molar-refractivity contribution is 5.78. The number of hydrogen-bond acceptors (Lipinski definition) is 4. The monoisotopic (exact) mass is 323 g/mol. The average molecular weight is 323 g/mol. The zero-order chi connectivity index (χ0) is 16.3. The van der Waals surface area contributed by atoms with Crippen molar-refractivity contribution in [3.8, 4) is 0 Å². The molecule has 1 amide bonds. The van der Waals surface area contributed by atoms with Crippen LogP contribution >= 0.6 is 0 Å². The van der Waals surface area contributed by atoms with Gasteiger partial charge >= 0.3 is 0 Å². The summed E-state index contributed by atoms with van der Waals surface area (Å²) in [6.07, 6.45) is 6.62. The summed E-state index contributed by atoms with van der Waals surface area (Å²) < 4.78 is 0. The van der Waals surface area contributed by atoms with Crippen LogP contribution in [0.4, 0.5) is 0 Å². The van der Waals surface area contributed by atoms with Gasteiger partial charge in [0, 0.05) is 32.7 Å². The summed E-state index contributed by atoms with van der Waals surface area (Å²) in [6, 6.07) is 0. The lowest BCUT2D eigenvalue weighted by Crippen LogP contribution is -2.55. The molecule has 0 radical (unpaired) electrons. The van der Waals surface area contributed by atoms with Gasteiger partial charge < -0.3 is 10.0 Å². The molecule has 1 saturated carbocycles. The van der Waals surface area contributed by atoms with Crippen molar-refractivity contribution in [2.75, 3.05) is 52.4 Å². The maximum atomic E-state index is 12.4. The van der Waals surface area contributed by atoms with Crippen LogP contribution in [0.5, 0.6) is 0 Å². The van der Waals surface area contributed by atoms with Gasteiger partial charge in [-0.3, -0.25) is 14.6 Å². The van der Waals surface area contributed by atoms with Crippen molar-refractivity contribution in [2.24, 2.45) is 5.92 Å². The number of hydrogen-bond donors (Lipinski definition) is 1. The van der Waals surface area contributed by atoms with Crippen molar-refractivity contribution in [2.45, 2.75) is 51.0 Å². The molecule has 0 bridgehead atoms. The Morgan fingerprint density at radius 3 is 2.22 bits per heavy atom. The van der Waals surface area contributed by atoms with E-state index >= 15 is 0 Å². The predicted octanol–water partition coefficient (Wildman–Crippen LogP) is 1.17. The van der Waals surface area contributed by atoms with Crippen LogP contribution in [0.25, 0.3) is 0 Å². The minimum absolute atomic E-state index is 0.289. The third-order valence-electron chi connectivity index (χ3n) is 6.01. The summed E-state index contributed by atoms with van der Waals surface area (Å²) in [4.78, 5) is 19.0. The normalized spacial score (nSPS) is 34.0. The first-order valence-corrected chi connectivity index (χ1v) is 9.49. The first-order chi connectivity index (χ1) is 11.0. The second kappa shape index (κ2) is 7.49. The van der Waals surface area contributed by atoms with Gasteiger partial charge in [-0.2, -0.15) is 0 Å². The lowest BCUT2D eigenvalue weighted by atomic mass is 9.79. The van der Waals surface area contributed by atoms with Gasteiger partial charge in [-0.05, 0) is 57.5 Å². The van der Waals surface area contributed by atoms with Gasteiger partial charge in [-0.25, -0.2) is 0 Å². The topological polar surface area (TPSA) is 47.0 Å². The summed E-state index contributed by atoms with van der Waals surface area (Å²) in [5, 5.41) is 10.8. The van der Waals surface area contributed by atoms with E-state index in [1.807, 2.05) is 4.90 Å². The standard InChI is InChI=1S/C18H33N3O2/c1-16-4-6-18(23,7-5-16)15-20-10-12-21(13-11-20)17(22)14-19-8-2-3-9-19/h16,23H,2-15H2,1H3. The highest BCUT2D eigenvalue weighted by Gasteiger charge is 2.34. The third-order valence-corrected chi connectivity index (χ3v) is 6.01. The van der Waals surface area contributed by atoms with Crippen molar-refractivity contribution in [1.29, 1.82) is 0 Å². The molecule has 2 aliphatic heterocycles. The Morgan fingerprint density at radius 1 is 1.00 bits per heavy atom. The first kappa shape index (κ1) is 17.2. The molecule has 0 unspecified atom stereocenters. The van der Waals surface area contributed by atoms with E-state index in [1.54, 1.807) is 0 Å². The lowest BCUT2D eigenvalue weighted by molar-refractivity contribution is -0.134. The van der Waals surface area contributed by atoms with Crippen molar-refractivity contribution in [3.05, 3.63) is 0 Å². The summed E-state index contributed by atoms with van der Waals surface area (Å²) >= 11 is 0. The van der Waals surface area contributed by atoms with Crippen LogP contribution in [0.3, 0.4) is 0 Å². The number of carbonyl (C=O) groups is 1. The Balaban J connectivity index is 1.40. The summed E-state index contributed by atoms with van der Waals surface area (Å²) in [5.41, 5.74) is -0.492. The molecule has 0 aromatic rings. The fourth-order valence-corrected chi connectivity index (χ4v) is 4.26. The van der Waals surface area contributed by atoms with Crippen LogP contribution in [-0.2, 0) is 4.79 Å². The largest absolute Gasteiger partial charge is 0.389 e. The smallest absolute Gasteiger partial charge is 0.236 e. The van der Waals surface area contributed by atoms with Crippen molar-refractivity contribution >= 4 is 5.91 Å². The van der Waals surface area contributed by atoms with Gasteiger partial charge in [-0.15, -0.1) is 0 Å². The molecule has 1 N–H and O–H groups in total. The quantitative estimate of drug-likeness (QED) is 0.844. The molecular formula is C18H33N3O2. The Hall–Kier alpha value is -0.650. The van der Waals surface area contributed by atoms with E-state index in [0.29, 0.717) is 6.54 Å². The summed E-state index contributed by atoms with van der Waals surface area (Å²) in [6.45, 7) is 9.28. The van der Waals surface area contributed by atoms with E-state index in [-0.39, 0.29) is 5.91 Å². The van der Waals surface area contributed by atoms with Gasteiger partial charge in [0.25, 0.3) is 0 Å². The number of aliphatic hydroxyl groups is 1. The predicted molar refractivity (Wildman–Crippen MR) is 91.3 cm³/mol. The third kappa shape index (κ3) is 4.68. The molecule has 0 aromatic carbocycles. The zero-order valence-corrected chi connectivity index (χ0v) is 14.7. The van der Waals surface area contributed by atoms with Crippen LogP contribution in [0, 0.1) is 5.92 Å². The number of likely N-dealkylation sites (tertiary alicyclic amines) is 1. The molecule has 3 rings (SSSR count). The highest BCUT2D eigenvalue weighted by atomic mass is 16.3. The minimum atomic E-state index is -0.492. The first-order valence-electron chi connectivity index (χ1n) is 9.49. The van der Waals surface area contributed by atoms with Crippen LogP contribution in [0.1, 0.15) is 45.4 Å².